The number of primary amides is 1. The van der Waals surface area contributed by atoms with Gasteiger partial charge in [-0.25, -0.2) is 0 Å². The molecule has 0 saturated heterocycles. The van der Waals surface area contributed by atoms with Crippen LogP contribution in [0.2, 0.25) is 0 Å². The van der Waals surface area contributed by atoms with Gasteiger partial charge < -0.3 is 11.1 Å². The molecule has 3 heteroatoms. The number of nitrogens with two attached hydrogens (primary N) is 1. The van der Waals surface area contributed by atoms with E-state index in [9.17, 15) is 4.79 Å². The average molecular weight is 168 g/mol. The Kier molecular flexibility index (Phi) is 2.05. The van der Waals surface area contributed by atoms with Gasteiger partial charge >= 0.3 is 0 Å². The van der Waals surface area contributed by atoms with Crippen LogP contribution in [-0.4, -0.2) is 18.5 Å². The molecule has 2 aliphatic rings. The maximum atomic E-state index is 10.5. The number of carbonyl (C=O) groups is 1. The second-order valence-electron chi connectivity index (χ2n) is 4.04. The number of amides is 1. The Morgan fingerprint density at radius 2 is 2.33 bits per heavy atom. The van der Waals surface area contributed by atoms with Crippen molar-refractivity contribution in [2.24, 2.45) is 17.6 Å². The maximum absolute atomic E-state index is 10.5. The maximum Gasteiger partial charge on any atom is 0.231 e. The van der Waals surface area contributed by atoms with Gasteiger partial charge in [-0.1, -0.05) is 12.8 Å². The zero-order valence-electron chi connectivity index (χ0n) is 7.25. The van der Waals surface area contributed by atoms with Crippen molar-refractivity contribution >= 4 is 5.91 Å². The van der Waals surface area contributed by atoms with E-state index in [0.29, 0.717) is 12.6 Å². The van der Waals surface area contributed by atoms with Gasteiger partial charge in [0, 0.05) is 6.04 Å². The highest BCUT2D eigenvalue weighted by Gasteiger charge is 2.44. The predicted molar refractivity (Wildman–Crippen MR) is 46.4 cm³/mol. The SMILES string of the molecule is NC(=O)CNC1CCCC2CC21. The van der Waals surface area contributed by atoms with Crippen molar-refractivity contribution in [1.29, 1.82) is 0 Å². The molecule has 0 heterocycles. The highest BCUT2D eigenvalue weighted by molar-refractivity contribution is 5.75. The van der Waals surface area contributed by atoms with Crippen LogP contribution < -0.4 is 11.1 Å². The van der Waals surface area contributed by atoms with Gasteiger partial charge in [-0.3, -0.25) is 4.79 Å². The highest BCUT2D eigenvalue weighted by atomic mass is 16.1. The van der Waals surface area contributed by atoms with E-state index >= 15 is 0 Å². The summed E-state index contributed by atoms with van der Waals surface area (Å²) < 4.78 is 0. The molecule has 0 aromatic carbocycles. The Morgan fingerprint density at radius 1 is 1.50 bits per heavy atom. The van der Waals surface area contributed by atoms with E-state index < -0.39 is 0 Å². The van der Waals surface area contributed by atoms with E-state index in [2.05, 4.69) is 5.32 Å². The Balaban J connectivity index is 1.76. The number of hydrogen-bond donors (Lipinski definition) is 2. The second kappa shape index (κ2) is 3.05. The van der Waals surface area contributed by atoms with E-state index in [1.54, 1.807) is 0 Å². The fourth-order valence-corrected chi connectivity index (χ4v) is 2.39. The molecular weight excluding hydrogens is 152 g/mol. The minimum absolute atomic E-state index is 0.238. The first kappa shape index (κ1) is 8.05. The molecule has 1 amide bonds. The second-order valence-corrected chi connectivity index (χ2v) is 4.04. The van der Waals surface area contributed by atoms with Gasteiger partial charge in [0.1, 0.15) is 0 Å². The van der Waals surface area contributed by atoms with Crippen LogP contribution in [0.3, 0.4) is 0 Å². The van der Waals surface area contributed by atoms with Crippen LogP contribution in [0.4, 0.5) is 0 Å². The summed E-state index contributed by atoms with van der Waals surface area (Å²) in [4.78, 5) is 10.5. The van der Waals surface area contributed by atoms with Crippen molar-refractivity contribution in [2.45, 2.75) is 31.7 Å². The molecule has 2 aliphatic carbocycles. The number of fused-ring (bicyclic) bond motifs is 1. The molecule has 2 rings (SSSR count). The van der Waals surface area contributed by atoms with Crippen molar-refractivity contribution in [3.8, 4) is 0 Å². The van der Waals surface area contributed by atoms with Crippen LogP contribution in [0.1, 0.15) is 25.7 Å². The molecule has 3 unspecified atom stereocenters. The molecule has 2 saturated carbocycles. The van der Waals surface area contributed by atoms with Crippen molar-refractivity contribution in [1.82, 2.24) is 5.32 Å². The first-order valence-corrected chi connectivity index (χ1v) is 4.79. The van der Waals surface area contributed by atoms with Gasteiger partial charge in [-0.05, 0) is 24.7 Å². The molecule has 0 radical (unpaired) electrons. The summed E-state index contributed by atoms with van der Waals surface area (Å²) in [6.45, 7) is 0.355. The van der Waals surface area contributed by atoms with E-state index in [1.807, 2.05) is 0 Å². The first-order chi connectivity index (χ1) is 5.77. The zero-order chi connectivity index (χ0) is 8.55. The molecule has 0 bridgehead atoms. The fraction of sp³-hybridized carbons (Fsp3) is 0.889. The molecule has 3 nitrogen and oxygen atoms in total. The average Bonchev–Trinajstić information content (AvgIpc) is 2.78. The highest BCUT2D eigenvalue weighted by Crippen LogP contribution is 2.49. The Morgan fingerprint density at radius 3 is 3.08 bits per heavy atom. The molecule has 68 valence electrons. The molecule has 3 atom stereocenters. The van der Waals surface area contributed by atoms with E-state index in [0.717, 1.165) is 11.8 Å². The molecule has 0 aromatic rings. The third kappa shape index (κ3) is 1.61. The summed E-state index contributed by atoms with van der Waals surface area (Å²) in [6, 6.07) is 0.580. The van der Waals surface area contributed by atoms with Crippen LogP contribution in [0.15, 0.2) is 0 Å². The summed E-state index contributed by atoms with van der Waals surface area (Å²) in [6.07, 6.45) is 5.32. The van der Waals surface area contributed by atoms with Gasteiger partial charge in [0.05, 0.1) is 6.54 Å². The normalized spacial score (nSPS) is 38.8. The minimum Gasteiger partial charge on any atom is -0.369 e. The smallest absolute Gasteiger partial charge is 0.231 e. The molecule has 0 aromatic heterocycles. The van der Waals surface area contributed by atoms with Gasteiger partial charge in [0.2, 0.25) is 5.91 Å². The van der Waals surface area contributed by atoms with Gasteiger partial charge in [-0.15, -0.1) is 0 Å². The summed E-state index contributed by atoms with van der Waals surface area (Å²) in [7, 11) is 0. The predicted octanol–water partition coefficient (Wildman–Crippen LogP) is 0.250. The summed E-state index contributed by atoms with van der Waals surface area (Å²) in [5, 5.41) is 3.24. The molecule has 0 spiro atoms. The lowest BCUT2D eigenvalue weighted by molar-refractivity contribution is -0.117. The largest absolute Gasteiger partial charge is 0.369 e. The van der Waals surface area contributed by atoms with Gasteiger partial charge in [-0.2, -0.15) is 0 Å². The van der Waals surface area contributed by atoms with Crippen molar-refractivity contribution in [3.05, 3.63) is 0 Å². The third-order valence-corrected chi connectivity index (χ3v) is 3.12. The lowest BCUT2D eigenvalue weighted by atomic mass is 9.95. The van der Waals surface area contributed by atoms with Crippen molar-refractivity contribution < 1.29 is 4.79 Å². The van der Waals surface area contributed by atoms with E-state index in [4.69, 9.17) is 5.73 Å². The monoisotopic (exact) mass is 168 g/mol. The summed E-state index contributed by atoms with van der Waals surface area (Å²) in [5.74, 6) is 1.58. The van der Waals surface area contributed by atoms with Crippen molar-refractivity contribution in [2.75, 3.05) is 6.54 Å². The van der Waals surface area contributed by atoms with E-state index in [1.165, 1.54) is 25.7 Å². The lowest BCUT2D eigenvalue weighted by Gasteiger charge is -2.21. The van der Waals surface area contributed by atoms with Crippen molar-refractivity contribution in [3.63, 3.8) is 0 Å². The molecular formula is C9H16N2O. The minimum atomic E-state index is -0.238. The van der Waals surface area contributed by atoms with Crippen LogP contribution >= 0.6 is 0 Å². The van der Waals surface area contributed by atoms with Crippen LogP contribution in [0.25, 0.3) is 0 Å². The Bertz CT molecular complexity index is 193. The summed E-state index contributed by atoms with van der Waals surface area (Å²) >= 11 is 0. The number of nitrogens with one attached hydrogen (secondary N) is 1. The number of carbonyl (C=O) groups excluding carboxylic acids is 1. The Hall–Kier alpha value is -0.570. The molecule has 2 fully saturated rings. The number of hydrogen-bond acceptors (Lipinski definition) is 2. The standard InChI is InChI=1S/C9H16N2O/c10-9(12)5-11-8-3-1-2-6-4-7(6)8/h6-8,11H,1-5H2,(H2,10,12). The van der Waals surface area contributed by atoms with Gasteiger partial charge in [0.25, 0.3) is 0 Å². The van der Waals surface area contributed by atoms with Crippen LogP contribution in [-0.2, 0) is 4.79 Å². The molecule has 12 heavy (non-hydrogen) atoms. The van der Waals surface area contributed by atoms with Crippen LogP contribution in [0, 0.1) is 11.8 Å². The topological polar surface area (TPSA) is 55.1 Å². The van der Waals surface area contributed by atoms with E-state index in [-0.39, 0.29) is 5.91 Å². The first-order valence-electron chi connectivity index (χ1n) is 4.79. The summed E-state index contributed by atoms with van der Waals surface area (Å²) in [5.41, 5.74) is 5.07. The Labute approximate surface area is 72.7 Å². The lowest BCUT2D eigenvalue weighted by Crippen LogP contribution is -2.39. The fourth-order valence-electron chi connectivity index (χ4n) is 2.39. The quantitative estimate of drug-likeness (QED) is 0.634. The number of rotatable bonds is 3. The molecule has 0 aliphatic heterocycles. The van der Waals surface area contributed by atoms with Crippen LogP contribution in [0.5, 0.6) is 0 Å². The zero-order valence-corrected chi connectivity index (χ0v) is 7.25. The van der Waals surface area contributed by atoms with Gasteiger partial charge in [0.15, 0.2) is 0 Å². The molecule has 3 N–H and O–H groups in total. The third-order valence-electron chi connectivity index (χ3n) is 3.12.